The first-order valence-electron chi connectivity index (χ1n) is 9.97. The summed E-state index contributed by atoms with van der Waals surface area (Å²) in [7, 11) is 0. The number of likely N-dealkylation sites (tertiary alicyclic amines) is 1. The number of carbonyl (C=O) groups excluding carboxylic acids is 1. The van der Waals surface area contributed by atoms with Crippen molar-refractivity contribution >= 4 is 35.2 Å². The maximum atomic E-state index is 13.7. The first-order valence-corrected chi connectivity index (χ1v) is 11.4. The van der Waals surface area contributed by atoms with Crippen molar-refractivity contribution in [3.05, 3.63) is 34.9 Å². The first kappa shape index (κ1) is 23.1. The Hall–Kier alpha value is -1.20. The van der Waals surface area contributed by atoms with Crippen molar-refractivity contribution in [2.24, 2.45) is 11.3 Å². The van der Waals surface area contributed by atoms with Gasteiger partial charge in [0.25, 0.3) is 0 Å². The van der Waals surface area contributed by atoms with Crippen LogP contribution in [0.4, 0.5) is 0 Å². The van der Waals surface area contributed by atoms with Crippen LogP contribution in [0.3, 0.4) is 0 Å². The molecule has 2 rings (SSSR count). The van der Waals surface area contributed by atoms with E-state index in [0.717, 1.165) is 17.7 Å². The van der Waals surface area contributed by atoms with Crippen LogP contribution in [0.25, 0.3) is 0 Å². The van der Waals surface area contributed by atoms with E-state index in [1.54, 1.807) is 0 Å². The van der Waals surface area contributed by atoms with E-state index in [4.69, 9.17) is 11.6 Å². The van der Waals surface area contributed by atoms with E-state index < -0.39 is 11.4 Å². The molecule has 1 aromatic rings. The smallest absolute Gasteiger partial charge is 0.304 e. The number of amides is 1. The van der Waals surface area contributed by atoms with Crippen molar-refractivity contribution in [2.45, 2.75) is 71.2 Å². The summed E-state index contributed by atoms with van der Waals surface area (Å²) in [5.74, 6) is 0.161. The molecule has 0 aliphatic carbocycles. The van der Waals surface area contributed by atoms with Crippen LogP contribution in [-0.4, -0.2) is 38.9 Å². The maximum absolute atomic E-state index is 13.7. The zero-order valence-electron chi connectivity index (χ0n) is 17.4. The predicted molar refractivity (Wildman–Crippen MR) is 117 cm³/mol. The molecule has 1 saturated heterocycles. The minimum Gasteiger partial charge on any atom is -0.481 e. The van der Waals surface area contributed by atoms with E-state index >= 15 is 0 Å². The van der Waals surface area contributed by atoms with Crippen molar-refractivity contribution in [2.75, 3.05) is 5.75 Å². The van der Waals surface area contributed by atoms with Crippen LogP contribution in [0.1, 0.15) is 65.5 Å². The van der Waals surface area contributed by atoms with Crippen molar-refractivity contribution in [1.29, 1.82) is 0 Å². The number of nitrogens with zero attached hydrogens (tertiary/aromatic N) is 1. The number of piperidine rings is 1. The summed E-state index contributed by atoms with van der Waals surface area (Å²) in [6.45, 7) is 10.4. The van der Waals surface area contributed by atoms with Gasteiger partial charge in [-0.05, 0) is 41.7 Å². The SMILES string of the molecule is CC(C)SCC(C(C)C)N1C(=O)[C@@](C)(CC(=O)O)CCC1c1ccc(Cl)cc1. The van der Waals surface area contributed by atoms with E-state index in [-0.39, 0.29) is 30.3 Å². The lowest BCUT2D eigenvalue weighted by molar-refractivity contribution is -0.159. The van der Waals surface area contributed by atoms with Gasteiger partial charge in [0.05, 0.1) is 17.9 Å². The number of rotatable bonds is 8. The third-order valence-electron chi connectivity index (χ3n) is 5.58. The average Bonchev–Trinajstić information content (AvgIpc) is 2.58. The molecule has 0 saturated carbocycles. The van der Waals surface area contributed by atoms with E-state index in [1.165, 1.54) is 0 Å². The van der Waals surface area contributed by atoms with Gasteiger partial charge in [-0.3, -0.25) is 9.59 Å². The van der Waals surface area contributed by atoms with Gasteiger partial charge in [-0.15, -0.1) is 0 Å². The van der Waals surface area contributed by atoms with Crippen molar-refractivity contribution in [3.8, 4) is 0 Å². The quantitative estimate of drug-likeness (QED) is 0.584. The highest BCUT2D eigenvalue weighted by Crippen LogP contribution is 2.45. The van der Waals surface area contributed by atoms with E-state index in [0.29, 0.717) is 16.7 Å². The molecular weight excluding hydrogens is 394 g/mol. The summed E-state index contributed by atoms with van der Waals surface area (Å²) in [5.41, 5.74) is 0.208. The van der Waals surface area contributed by atoms with Crippen LogP contribution >= 0.6 is 23.4 Å². The second-order valence-corrected chi connectivity index (χ2v) is 10.7. The molecule has 1 aliphatic rings. The van der Waals surface area contributed by atoms with Gasteiger partial charge < -0.3 is 10.0 Å². The number of carboxylic acid groups (broad SMARTS) is 1. The standard InChI is InChI=1S/C22H32ClNO3S/c1-14(2)19(13-28-15(3)4)24-18(16-6-8-17(23)9-7-16)10-11-22(5,21(24)27)12-20(25)26/h6-9,14-15,18-19H,10-13H2,1-5H3,(H,25,26)/t18?,19?,22-/m1/s1. The molecule has 0 spiro atoms. The highest BCUT2D eigenvalue weighted by Gasteiger charge is 2.48. The Morgan fingerprint density at radius 2 is 1.89 bits per heavy atom. The van der Waals surface area contributed by atoms with Crippen LogP contribution in [0, 0.1) is 11.3 Å². The van der Waals surface area contributed by atoms with E-state index in [2.05, 4.69) is 27.7 Å². The fourth-order valence-corrected chi connectivity index (χ4v) is 5.18. The van der Waals surface area contributed by atoms with Crippen LogP contribution < -0.4 is 0 Å². The Labute approximate surface area is 178 Å². The molecule has 6 heteroatoms. The number of carboxylic acids is 1. The largest absolute Gasteiger partial charge is 0.481 e. The fourth-order valence-electron chi connectivity index (χ4n) is 3.93. The Kier molecular flexibility index (Phi) is 7.86. The van der Waals surface area contributed by atoms with Gasteiger partial charge in [-0.2, -0.15) is 11.8 Å². The summed E-state index contributed by atoms with van der Waals surface area (Å²) in [6, 6.07) is 7.69. The van der Waals surface area contributed by atoms with Gasteiger partial charge in [-0.1, -0.05) is 58.4 Å². The summed E-state index contributed by atoms with van der Waals surface area (Å²) >= 11 is 7.91. The highest BCUT2D eigenvalue weighted by atomic mass is 35.5. The van der Waals surface area contributed by atoms with Crippen molar-refractivity contribution < 1.29 is 14.7 Å². The zero-order chi connectivity index (χ0) is 21.1. The summed E-state index contributed by atoms with van der Waals surface area (Å²) in [6.07, 6.45) is 1.20. The van der Waals surface area contributed by atoms with E-state index in [1.807, 2.05) is 47.9 Å². The molecule has 0 radical (unpaired) electrons. The minimum absolute atomic E-state index is 0.0378. The van der Waals surface area contributed by atoms with Gasteiger partial charge in [0, 0.05) is 16.8 Å². The first-order chi connectivity index (χ1) is 13.0. The molecule has 1 aromatic carbocycles. The summed E-state index contributed by atoms with van der Waals surface area (Å²) < 4.78 is 0. The third kappa shape index (κ3) is 5.44. The molecular formula is C22H32ClNO3S. The number of benzene rings is 1. The number of hydrogen-bond donors (Lipinski definition) is 1. The average molecular weight is 426 g/mol. The molecule has 0 bridgehead atoms. The summed E-state index contributed by atoms with van der Waals surface area (Å²) in [5, 5.41) is 10.5. The van der Waals surface area contributed by atoms with Gasteiger partial charge >= 0.3 is 5.97 Å². The second-order valence-electron chi connectivity index (χ2n) is 8.64. The molecule has 1 fully saturated rings. The molecule has 156 valence electrons. The Bertz CT molecular complexity index is 692. The molecule has 1 amide bonds. The van der Waals surface area contributed by atoms with Gasteiger partial charge in [-0.25, -0.2) is 0 Å². The molecule has 3 atom stereocenters. The van der Waals surface area contributed by atoms with Gasteiger partial charge in [0.15, 0.2) is 0 Å². The lowest BCUT2D eigenvalue weighted by Gasteiger charge is -2.49. The molecule has 28 heavy (non-hydrogen) atoms. The van der Waals surface area contributed by atoms with Crippen molar-refractivity contribution in [1.82, 2.24) is 4.90 Å². The van der Waals surface area contributed by atoms with Crippen LogP contribution in [0.2, 0.25) is 5.02 Å². The molecule has 1 N–H and O–H groups in total. The van der Waals surface area contributed by atoms with E-state index in [9.17, 15) is 14.7 Å². The van der Waals surface area contributed by atoms with Crippen LogP contribution in [0.15, 0.2) is 24.3 Å². The molecule has 4 nitrogen and oxygen atoms in total. The number of carbonyl (C=O) groups is 2. The fraction of sp³-hybridized carbons (Fsp3) is 0.636. The summed E-state index contributed by atoms with van der Waals surface area (Å²) in [4.78, 5) is 27.1. The zero-order valence-corrected chi connectivity index (χ0v) is 19.0. The molecule has 0 aromatic heterocycles. The van der Waals surface area contributed by atoms with Gasteiger partial charge in [0.2, 0.25) is 5.91 Å². The normalized spacial score (nSPS) is 24.1. The highest BCUT2D eigenvalue weighted by molar-refractivity contribution is 7.99. The predicted octanol–water partition coefficient (Wildman–Crippen LogP) is 5.65. The van der Waals surface area contributed by atoms with Crippen molar-refractivity contribution in [3.63, 3.8) is 0 Å². The van der Waals surface area contributed by atoms with Gasteiger partial charge in [0.1, 0.15) is 0 Å². The number of aliphatic carboxylic acids is 1. The number of halogens is 1. The Balaban J connectivity index is 2.44. The lowest BCUT2D eigenvalue weighted by atomic mass is 9.74. The molecule has 2 unspecified atom stereocenters. The lowest BCUT2D eigenvalue weighted by Crippen LogP contribution is -2.56. The number of thioether (sulfide) groups is 1. The Morgan fingerprint density at radius 1 is 1.29 bits per heavy atom. The monoisotopic (exact) mass is 425 g/mol. The maximum Gasteiger partial charge on any atom is 0.304 e. The van der Waals surface area contributed by atoms with Crippen LogP contribution in [0.5, 0.6) is 0 Å². The molecule has 1 aliphatic heterocycles. The minimum atomic E-state index is -0.918. The topological polar surface area (TPSA) is 57.6 Å². The second kappa shape index (κ2) is 9.53. The van der Waals surface area contributed by atoms with Crippen LogP contribution in [-0.2, 0) is 9.59 Å². The number of hydrogen-bond acceptors (Lipinski definition) is 3. The Morgan fingerprint density at radius 3 is 2.39 bits per heavy atom. The third-order valence-corrected chi connectivity index (χ3v) is 7.03. The molecule has 1 heterocycles.